The Bertz CT molecular complexity index is 771. The van der Waals surface area contributed by atoms with Gasteiger partial charge in [-0.05, 0) is 30.7 Å². The van der Waals surface area contributed by atoms with Gasteiger partial charge in [-0.15, -0.1) is 11.3 Å². The number of nitrogens with zero attached hydrogens (tertiary/aromatic N) is 1. The van der Waals surface area contributed by atoms with Crippen LogP contribution in [-0.2, 0) is 16.0 Å². The molecule has 0 spiro atoms. The van der Waals surface area contributed by atoms with E-state index in [1.54, 1.807) is 29.6 Å². The van der Waals surface area contributed by atoms with Gasteiger partial charge in [-0.1, -0.05) is 6.92 Å². The number of thiazole rings is 1. The molecule has 0 atom stereocenters. The van der Waals surface area contributed by atoms with Gasteiger partial charge in [-0.25, -0.2) is 4.98 Å². The Balaban J connectivity index is 1.80. The zero-order valence-corrected chi connectivity index (χ0v) is 15.3. The van der Waals surface area contributed by atoms with E-state index in [2.05, 4.69) is 10.3 Å². The average molecular weight is 375 g/mol. The van der Waals surface area contributed by atoms with Gasteiger partial charge in [0, 0.05) is 23.8 Å². The molecule has 1 heterocycles. The van der Waals surface area contributed by atoms with Gasteiger partial charge in [0.2, 0.25) is 11.8 Å². The maximum atomic E-state index is 12.2. The number of carbonyl (C=O) groups is 3. The first-order valence-electron chi connectivity index (χ1n) is 8.26. The third-order valence-electron chi connectivity index (χ3n) is 3.38. The summed E-state index contributed by atoms with van der Waals surface area (Å²) in [6, 6.07) is 6.89. The lowest BCUT2D eigenvalue weighted by Crippen LogP contribution is -2.15. The van der Waals surface area contributed by atoms with Crippen molar-refractivity contribution in [1.82, 2.24) is 4.98 Å². The number of nitrogens with one attached hydrogen (secondary N) is 1. The summed E-state index contributed by atoms with van der Waals surface area (Å²) >= 11 is 1.21. The zero-order chi connectivity index (χ0) is 18.9. The van der Waals surface area contributed by atoms with Crippen LogP contribution < -0.4 is 15.8 Å². The monoisotopic (exact) mass is 375 g/mol. The molecule has 2 rings (SSSR count). The number of ether oxygens (including phenoxy) is 1. The van der Waals surface area contributed by atoms with E-state index in [9.17, 15) is 14.4 Å². The summed E-state index contributed by atoms with van der Waals surface area (Å²) in [7, 11) is 0. The molecule has 0 aliphatic heterocycles. The number of Topliss-reactive ketones (excluding diaryl/α,β-unsaturated/α-hetero) is 1. The van der Waals surface area contributed by atoms with Crippen molar-refractivity contribution in [1.29, 1.82) is 0 Å². The Hall–Kier alpha value is -2.74. The van der Waals surface area contributed by atoms with Crippen molar-refractivity contribution in [3.8, 4) is 5.75 Å². The number of benzene rings is 1. The molecule has 26 heavy (non-hydrogen) atoms. The highest BCUT2D eigenvalue weighted by Crippen LogP contribution is 2.17. The SMILES string of the molecule is CCCOc1ccc(C(=O)CCC(=O)Nc2nc(CC(N)=O)cs2)cc1. The molecule has 1 aromatic heterocycles. The third kappa shape index (κ3) is 6.29. The third-order valence-corrected chi connectivity index (χ3v) is 4.19. The number of ketones is 1. The summed E-state index contributed by atoms with van der Waals surface area (Å²) in [5, 5.41) is 4.66. The molecule has 1 aromatic carbocycles. The summed E-state index contributed by atoms with van der Waals surface area (Å²) in [6.45, 7) is 2.65. The van der Waals surface area contributed by atoms with Gasteiger partial charge in [0.15, 0.2) is 10.9 Å². The van der Waals surface area contributed by atoms with Gasteiger partial charge in [0.05, 0.1) is 18.7 Å². The molecule has 3 N–H and O–H groups in total. The Labute approximate surface area is 155 Å². The van der Waals surface area contributed by atoms with Crippen LogP contribution in [0.3, 0.4) is 0 Å². The molecule has 0 radical (unpaired) electrons. The molecule has 8 heteroatoms. The minimum Gasteiger partial charge on any atom is -0.494 e. The van der Waals surface area contributed by atoms with Crippen LogP contribution in [0.5, 0.6) is 5.75 Å². The normalized spacial score (nSPS) is 10.3. The summed E-state index contributed by atoms with van der Waals surface area (Å²) in [4.78, 5) is 39.0. The van der Waals surface area contributed by atoms with Crippen molar-refractivity contribution < 1.29 is 19.1 Å². The molecule has 7 nitrogen and oxygen atoms in total. The van der Waals surface area contributed by atoms with Crippen molar-refractivity contribution in [2.24, 2.45) is 5.73 Å². The van der Waals surface area contributed by atoms with Gasteiger partial charge < -0.3 is 15.8 Å². The molecule has 0 saturated carbocycles. The van der Waals surface area contributed by atoms with E-state index in [4.69, 9.17) is 10.5 Å². The number of hydrogen-bond acceptors (Lipinski definition) is 6. The largest absolute Gasteiger partial charge is 0.494 e. The van der Waals surface area contributed by atoms with E-state index < -0.39 is 5.91 Å². The molecule has 0 fully saturated rings. The predicted octanol–water partition coefficient (Wildman–Crippen LogP) is 2.56. The van der Waals surface area contributed by atoms with Crippen LogP contribution in [-0.4, -0.2) is 29.2 Å². The Morgan fingerprint density at radius 2 is 1.92 bits per heavy atom. The van der Waals surface area contributed by atoms with Crippen LogP contribution in [0.4, 0.5) is 5.13 Å². The second-order valence-electron chi connectivity index (χ2n) is 5.63. The molecular weight excluding hydrogens is 354 g/mol. The number of aromatic nitrogens is 1. The highest BCUT2D eigenvalue weighted by atomic mass is 32.1. The number of nitrogens with two attached hydrogens (primary N) is 1. The highest BCUT2D eigenvalue weighted by Gasteiger charge is 2.12. The molecule has 0 saturated heterocycles. The summed E-state index contributed by atoms with van der Waals surface area (Å²) < 4.78 is 5.47. The number of amides is 2. The van der Waals surface area contributed by atoms with E-state index in [1.807, 2.05) is 6.92 Å². The van der Waals surface area contributed by atoms with E-state index in [0.29, 0.717) is 23.0 Å². The molecule has 0 bridgehead atoms. The van der Waals surface area contributed by atoms with Gasteiger partial charge >= 0.3 is 0 Å². The van der Waals surface area contributed by atoms with Gasteiger partial charge in [-0.2, -0.15) is 0 Å². The van der Waals surface area contributed by atoms with Crippen LogP contribution in [0.25, 0.3) is 0 Å². The minimum atomic E-state index is -0.482. The molecule has 0 unspecified atom stereocenters. The number of hydrogen-bond donors (Lipinski definition) is 2. The smallest absolute Gasteiger partial charge is 0.226 e. The van der Waals surface area contributed by atoms with Crippen molar-refractivity contribution in [2.45, 2.75) is 32.6 Å². The minimum absolute atomic E-state index is 0.0306. The summed E-state index contributed by atoms with van der Waals surface area (Å²) in [5.41, 5.74) is 6.15. The number of anilines is 1. The molecular formula is C18H21N3O4S. The molecule has 0 aliphatic carbocycles. The van der Waals surface area contributed by atoms with Gasteiger partial charge in [-0.3, -0.25) is 14.4 Å². The Morgan fingerprint density at radius 3 is 2.58 bits per heavy atom. The number of primary amides is 1. The van der Waals surface area contributed by atoms with Crippen LogP contribution in [0.2, 0.25) is 0 Å². The average Bonchev–Trinajstić information content (AvgIpc) is 3.04. The van der Waals surface area contributed by atoms with Gasteiger partial charge in [0.25, 0.3) is 0 Å². The zero-order valence-electron chi connectivity index (χ0n) is 14.5. The number of rotatable bonds is 10. The first-order chi connectivity index (χ1) is 12.5. The van der Waals surface area contributed by atoms with E-state index in [-0.39, 0.29) is 31.0 Å². The van der Waals surface area contributed by atoms with E-state index in [0.717, 1.165) is 12.2 Å². The number of carbonyl (C=O) groups excluding carboxylic acids is 3. The lowest BCUT2D eigenvalue weighted by Gasteiger charge is -2.06. The van der Waals surface area contributed by atoms with Crippen LogP contribution in [0, 0.1) is 0 Å². The highest BCUT2D eigenvalue weighted by molar-refractivity contribution is 7.13. The second kappa shape index (κ2) is 9.67. The van der Waals surface area contributed by atoms with E-state index in [1.165, 1.54) is 11.3 Å². The summed E-state index contributed by atoms with van der Waals surface area (Å²) in [6.07, 6.45) is 1.10. The maximum absolute atomic E-state index is 12.2. The van der Waals surface area contributed by atoms with Gasteiger partial charge in [0.1, 0.15) is 5.75 Å². The standard InChI is InChI=1S/C18H21N3O4S/c1-2-9-25-14-5-3-12(4-6-14)15(22)7-8-17(24)21-18-20-13(11-26-18)10-16(19)23/h3-6,11H,2,7-10H2,1H3,(H2,19,23)(H,20,21,24). The Kier molecular flexibility index (Phi) is 7.28. The first-order valence-corrected chi connectivity index (χ1v) is 9.14. The second-order valence-corrected chi connectivity index (χ2v) is 6.49. The molecule has 2 aromatic rings. The predicted molar refractivity (Wildman–Crippen MR) is 99.4 cm³/mol. The molecule has 138 valence electrons. The van der Waals surface area contributed by atoms with E-state index >= 15 is 0 Å². The first kappa shape index (κ1) is 19.6. The topological polar surface area (TPSA) is 111 Å². The Morgan fingerprint density at radius 1 is 1.19 bits per heavy atom. The maximum Gasteiger partial charge on any atom is 0.226 e. The summed E-state index contributed by atoms with van der Waals surface area (Å²) in [5.74, 6) is -0.182. The van der Waals surface area contributed by atoms with Crippen LogP contribution in [0.1, 0.15) is 42.2 Å². The van der Waals surface area contributed by atoms with Crippen molar-refractivity contribution in [3.05, 3.63) is 40.9 Å². The van der Waals surface area contributed by atoms with Crippen LogP contribution >= 0.6 is 11.3 Å². The lowest BCUT2D eigenvalue weighted by molar-refractivity contribution is -0.117. The fourth-order valence-electron chi connectivity index (χ4n) is 2.13. The van der Waals surface area contributed by atoms with Crippen molar-refractivity contribution >= 4 is 34.1 Å². The quantitative estimate of drug-likeness (QED) is 0.620. The fraction of sp³-hybridized carbons (Fsp3) is 0.333. The van der Waals surface area contributed by atoms with Crippen molar-refractivity contribution in [3.63, 3.8) is 0 Å². The van der Waals surface area contributed by atoms with Crippen molar-refractivity contribution in [2.75, 3.05) is 11.9 Å². The van der Waals surface area contributed by atoms with Crippen LogP contribution in [0.15, 0.2) is 29.6 Å². The molecule has 0 aliphatic rings. The fourth-order valence-corrected chi connectivity index (χ4v) is 2.86. The lowest BCUT2D eigenvalue weighted by atomic mass is 10.1. The molecule has 2 amide bonds.